The molecule has 0 aliphatic heterocycles. The largest absolute Gasteiger partial charge is 0.356 e. The van der Waals surface area contributed by atoms with Crippen molar-refractivity contribution in [2.45, 2.75) is 19.9 Å². The maximum absolute atomic E-state index is 13.1. The summed E-state index contributed by atoms with van der Waals surface area (Å²) >= 11 is 5.33. The number of aryl methyl sites for hydroxylation is 1. The average Bonchev–Trinajstić information content (AvgIpc) is 2.63. The molecule has 0 saturated heterocycles. The van der Waals surface area contributed by atoms with Crippen molar-refractivity contribution >= 4 is 34.8 Å². The van der Waals surface area contributed by atoms with E-state index in [1.165, 1.54) is 24.3 Å². The van der Waals surface area contributed by atoms with Gasteiger partial charge in [0.1, 0.15) is 17.5 Å². The first-order chi connectivity index (χ1) is 13.4. The highest BCUT2D eigenvalue weighted by atomic mass is 32.1. The van der Waals surface area contributed by atoms with Gasteiger partial charge in [-0.1, -0.05) is 12.1 Å². The molecule has 144 valence electrons. The van der Waals surface area contributed by atoms with Crippen molar-refractivity contribution in [3.8, 4) is 0 Å². The minimum absolute atomic E-state index is 0.123. The molecular weight excluding hydrogens is 380 g/mol. The number of nitrogens with one attached hydrogen (secondary N) is 3. The minimum atomic E-state index is -0.307. The Morgan fingerprint density at radius 1 is 0.964 bits per heavy atom. The number of thiocarbonyl (C=S) groups is 1. The molecule has 3 aromatic rings. The van der Waals surface area contributed by atoms with Gasteiger partial charge in [0.05, 0.1) is 6.04 Å². The molecule has 0 saturated carbocycles. The minimum Gasteiger partial charge on any atom is -0.356 e. The summed E-state index contributed by atoms with van der Waals surface area (Å²) in [6.07, 6.45) is 0. The first kappa shape index (κ1) is 19.6. The highest BCUT2D eigenvalue weighted by molar-refractivity contribution is 7.80. The van der Waals surface area contributed by atoms with Crippen LogP contribution in [0.2, 0.25) is 0 Å². The third-order valence-electron chi connectivity index (χ3n) is 3.91. The summed E-state index contributed by atoms with van der Waals surface area (Å²) in [4.78, 5) is 8.70. The van der Waals surface area contributed by atoms with Crippen LogP contribution in [0.3, 0.4) is 0 Å². The number of aromatic nitrogens is 2. The molecule has 0 spiro atoms. The predicted molar refractivity (Wildman–Crippen MR) is 111 cm³/mol. The molecule has 3 N–H and O–H groups in total. The topological polar surface area (TPSA) is 61.9 Å². The summed E-state index contributed by atoms with van der Waals surface area (Å²) in [6.45, 7) is 3.75. The number of benzene rings is 2. The first-order valence-electron chi connectivity index (χ1n) is 8.60. The summed E-state index contributed by atoms with van der Waals surface area (Å²) in [7, 11) is 0. The lowest BCUT2D eigenvalue weighted by Crippen LogP contribution is -2.31. The second-order valence-corrected chi connectivity index (χ2v) is 6.63. The zero-order chi connectivity index (χ0) is 20.1. The Morgan fingerprint density at radius 2 is 1.57 bits per heavy atom. The van der Waals surface area contributed by atoms with E-state index in [1.54, 1.807) is 30.3 Å². The van der Waals surface area contributed by atoms with E-state index in [-0.39, 0.29) is 17.7 Å². The Labute approximate surface area is 167 Å². The quantitative estimate of drug-likeness (QED) is 0.533. The monoisotopic (exact) mass is 399 g/mol. The van der Waals surface area contributed by atoms with Crippen LogP contribution in [0.5, 0.6) is 0 Å². The lowest BCUT2D eigenvalue weighted by atomic mass is 10.1. The molecular formula is C20H19F2N5S. The predicted octanol–water partition coefficient (Wildman–Crippen LogP) is 4.85. The average molecular weight is 399 g/mol. The number of halogens is 2. The van der Waals surface area contributed by atoms with Crippen LogP contribution >= 0.6 is 12.2 Å². The fourth-order valence-corrected chi connectivity index (χ4v) is 2.81. The van der Waals surface area contributed by atoms with Crippen molar-refractivity contribution in [3.63, 3.8) is 0 Å². The van der Waals surface area contributed by atoms with E-state index >= 15 is 0 Å². The van der Waals surface area contributed by atoms with E-state index in [9.17, 15) is 8.78 Å². The summed E-state index contributed by atoms with van der Waals surface area (Å²) in [5, 5.41) is 9.51. The van der Waals surface area contributed by atoms with Gasteiger partial charge in [-0.15, -0.1) is 0 Å². The van der Waals surface area contributed by atoms with Gasteiger partial charge in [0.25, 0.3) is 0 Å². The molecule has 0 bridgehead atoms. The Kier molecular flexibility index (Phi) is 6.10. The molecule has 0 radical (unpaired) electrons. The standard InChI is InChI=1S/C20H19F2N5S/c1-12-11-18(25-17-9-7-16(22)8-10-17)26-19(23-12)27-20(28)24-13(2)14-3-5-15(21)6-4-14/h3-11,13H,1-2H3,(H3,23,24,25,26,27,28)/t13-/m0/s1. The highest BCUT2D eigenvalue weighted by Gasteiger charge is 2.09. The van der Waals surface area contributed by atoms with Crippen LogP contribution in [-0.2, 0) is 0 Å². The van der Waals surface area contributed by atoms with Crippen LogP contribution in [0.4, 0.5) is 26.2 Å². The van der Waals surface area contributed by atoms with E-state index in [1.807, 2.05) is 13.8 Å². The van der Waals surface area contributed by atoms with Gasteiger partial charge in [0.15, 0.2) is 5.11 Å². The fraction of sp³-hybridized carbons (Fsp3) is 0.150. The Hall–Kier alpha value is -3.13. The Balaban J connectivity index is 1.66. The molecule has 0 fully saturated rings. The van der Waals surface area contributed by atoms with Gasteiger partial charge in [0.2, 0.25) is 5.95 Å². The molecule has 8 heteroatoms. The van der Waals surface area contributed by atoms with Crippen LogP contribution in [0, 0.1) is 18.6 Å². The molecule has 2 aromatic carbocycles. The fourth-order valence-electron chi connectivity index (χ4n) is 2.54. The van der Waals surface area contributed by atoms with Gasteiger partial charge in [-0.3, -0.25) is 0 Å². The number of anilines is 3. The van der Waals surface area contributed by atoms with Gasteiger partial charge >= 0.3 is 0 Å². The summed E-state index contributed by atoms with van der Waals surface area (Å²) < 4.78 is 26.1. The lowest BCUT2D eigenvalue weighted by Gasteiger charge is -2.17. The van der Waals surface area contributed by atoms with Crippen molar-refractivity contribution < 1.29 is 8.78 Å². The van der Waals surface area contributed by atoms with Gasteiger partial charge in [-0.25, -0.2) is 13.8 Å². The van der Waals surface area contributed by atoms with Crippen molar-refractivity contribution in [3.05, 3.63) is 77.5 Å². The van der Waals surface area contributed by atoms with Gasteiger partial charge in [-0.2, -0.15) is 4.98 Å². The summed E-state index contributed by atoms with van der Waals surface area (Å²) in [6, 6.07) is 13.8. The molecule has 0 aliphatic carbocycles. The maximum atomic E-state index is 13.1. The maximum Gasteiger partial charge on any atom is 0.231 e. The molecule has 1 aromatic heterocycles. The zero-order valence-electron chi connectivity index (χ0n) is 15.3. The third kappa shape index (κ3) is 5.43. The number of nitrogens with zero attached hydrogens (tertiary/aromatic N) is 2. The van der Waals surface area contributed by atoms with Crippen LogP contribution < -0.4 is 16.0 Å². The molecule has 3 rings (SSSR count). The van der Waals surface area contributed by atoms with Crippen LogP contribution in [-0.4, -0.2) is 15.1 Å². The smallest absolute Gasteiger partial charge is 0.231 e. The third-order valence-corrected chi connectivity index (χ3v) is 4.13. The van der Waals surface area contributed by atoms with E-state index < -0.39 is 0 Å². The zero-order valence-corrected chi connectivity index (χ0v) is 16.1. The van der Waals surface area contributed by atoms with E-state index in [0.29, 0.717) is 22.6 Å². The van der Waals surface area contributed by atoms with Crippen molar-refractivity contribution in [1.29, 1.82) is 0 Å². The molecule has 0 amide bonds. The van der Waals surface area contributed by atoms with Gasteiger partial charge in [0, 0.05) is 17.4 Å². The normalized spacial score (nSPS) is 11.6. The molecule has 28 heavy (non-hydrogen) atoms. The SMILES string of the molecule is Cc1cc(Nc2ccc(F)cc2)nc(NC(=S)N[C@@H](C)c2ccc(F)cc2)n1. The Bertz CT molecular complexity index is 961. The molecule has 1 atom stereocenters. The molecule has 5 nitrogen and oxygen atoms in total. The summed E-state index contributed by atoms with van der Waals surface area (Å²) in [5.74, 6) is 0.286. The van der Waals surface area contributed by atoms with Crippen LogP contribution in [0.15, 0.2) is 54.6 Å². The summed E-state index contributed by atoms with van der Waals surface area (Å²) in [5.41, 5.74) is 2.34. The highest BCUT2D eigenvalue weighted by Crippen LogP contribution is 2.18. The van der Waals surface area contributed by atoms with Gasteiger partial charge in [-0.05, 0) is 68.0 Å². The van der Waals surface area contributed by atoms with E-state index in [0.717, 1.165) is 11.3 Å². The van der Waals surface area contributed by atoms with Crippen molar-refractivity contribution in [1.82, 2.24) is 15.3 Å². The van der Waals surface area contributed by atoms with E-state index in [2.05, 4.69) is 25.9 Å². The second-order valence-electron chi connectivity index (χ2n) is 6.22. The molecule has 1 heterocycles. The lowest BCUT2D eigenvalue weighted by molar-refractivity contribution is 0.624. The molecule has 0 unspecified atom stereocenters. The molecule has 0 aliphatic rings. The van der Waals surface area contributed by atoms with Gasteiger partial charge < -0.3 is 16.0 Å². The Morgan fingerprint density at radius 3 is 2.21 bits per heavy atom. The van der Waals surface area contributed by atoms with Crippen molar-refractivity contribution in [2.75, 3.05) is 10.6 Å². The van der Waals surface area contributed by atoms with Crippen LogP contribution in [0.25, 0.3) is 0 Å². The second kappa shape index (κ2) is 8.71. The van der Waals surface area contributed by atoms with Crippen LogP contribution in [0.1, 0.15) is 24.2 Å². The number of rotatable bonds is 5. The first-order valence-corrected chi connectivity index (χ1v) is 9.01. The van der Waals surface area contributed by atoms with Crippen molar-refractivity contribution in [2.24, 2.45) is 0 Å². The number of hydrogen-bond acceptors (Lipinski definition) is 4. The number of hydrogen-bond donors (Lipinski definition) is 3. The van der Waals surface area contributed by atoms with E-state index in [4.69, 9.17) is 12.2 Å².